The standard InChI is InChI=1S/C10H9NO4/c12-10(13)7-3-5-8-4-1-2-6-9(8)11(14)15/h1-6H,7H2,(H,12,13). The fourth-order valence-electron chi connectivity index (χ4n) is 1.08. The van der Waals surface area contributed by atoms with Crippen LogP contribution in [-0.2, 0) is 4.79 Å². The second-order valence-corrected chi connectivity index (χ2v) is 2.82. The Hall–Kier alpha value is -2.17. The fraction of sp³-hybridized carbons (Fsp3) is 0.100. The van der Waals surface area contributed by atoms with Crippen molar-refractivity contribution in [2.75, 3.05) is 0 Å². The van der Waals surface area contributed by atoms with Crippen molar-refractivity contribution < 1.29 is 14.8 Å². The summed E-state index contributed by atoms with van der Waals surface area (Å²) < 4.78 is 0. The molecule has 0 saturated carbocycles. The van der Waals surface area contributed by atoms with Crippen molar-refractivity contribution in [2.45, 2.75) is 6.42 Å². The number of hydrogen-bond donors (Lipinski definition) is 1. The molecule has 1 N–H and O–H groups in total. The number of nitro groups is 1. The quantitative estimate of drug-likeness (QED) is 0.605. The number of carbonyl (C=O) groups is 1. The normalized spacial score (nSPS) is 10.4. The molecule has 0 aliphatic heterocycles. The first-order chi connectivity index (χ1) is 7.11. The molecule has 78 valence electrons. The summed E-state index contributed by atoms with van der Waals surface area (Å²) in [5.41, 5.74) is 0.378. The summed E-state index contributed by atoms with van der Waals surface area (Å²) in [5.74, 6) is -0.968. The van der Waals surface area contributed by atoms with Gasteiger partial charge in [-0.1, -0.05) is 24.3 Å². The SMILES string of the molecule is O=C(O)CC=Cc1ccccc1[N+](=O)[O-]. The van der Waals surface area contributed by atoms with E-state index >= 15 is 0 Å². The van der Waals surface area contributed by atoms with E-state index in [0.717, 1.165) is 0 Å². The molecule has 0 bridgehead atoms. The summed E-state index contributed by atoms with van der Waals surface area (Å²) in [5, 5.41) is 19.0. The molecule has 0 amide bonds. The van der Waals surface area contributed by atoms with Gasteiger partial charge in [0.2, 0.25) is 0 Å². The van der Waals surface area contributed by atoms with E-state index in [4.69, 9.17) is 5.11 Å². The van der Waals surface area contributed by atoms with Crippen LogP contribution in [0.25, 0.3) is 6.08 Å². The first kappa shape index (κ1) is 10.9. The van der Waals surface area contributed by atoms with Crippen LogP contribution in [0.5, 0.6) is 0 Å². The van der Waals surface area contributed by atoms with E-state index in [0.29, 0.717) is 5.56 Å². The number of benzene rings is 1. The number of hydrogen-bond acceptors (Lipinski definition) is 3. The van der Waals surface area contributed by atoms with E-state index in [2.05, 4.69) is 0 Å². The maximum atomic E-state index is 10.6. The van der Waals surface area contributed by atoms with Crippen LogP contribution >= 0.6 is 0 Å². The number of nitro benzene ring substituents is 1. The van der Waals surface area contributed by atoms with Gasteiger partial charge >= 0.3 is 5.97 Å². The van der Waals surface area contributed by atoms with E-state index in [-0.39, 0.29) is 12.1 Å². The number of carboxylic acids is 1. The van der Waals surface area contributed by atoms with E-state index in [1.807, 2.05) is 0 Å². The Morgan fingerprint density at radius 3 is 2.73 bits per heavy atom. The van der Waals surface area contributed by atoms with Gasteiger partial charge in [0, 0.05) is 6.07 Å². The second-order valence-electron chi connectivity index (χ2n) is 2.82. The molecule has 0 spiro atoms. The van der Waals surface area contributed by atoms with Gasteiger partial charge in [0.15, 0.2) is 0 Å². The van der Waals surface area contributed by atoms with Crippen LogP contribution in [0, 0.1) is 10.1 Å². The molecular weight excluding hydrogens is 198 g/mol. The third kappa shape index (κ3) is 3.22. The molecule has 0 atom stereocenters. The highest BCUT2D eigenvalue weighted by atomic mass is 16.6. The lowest BCUT2D eigenvalue weighted by Crippen LogP contribution is -1.92. The van der Waals surface area contributed by atoms with E-state index in [9.17, 15) is 14.9 Å². The fourth-order valence-corrected chi connectivity index (χ4v) is 1.08. The molecule has 5 nitrogen and oxygen atoms in total. The second kappa shape index (κ2) is 4.90. The minimum Gasteiger partial charge on any atom is -0.481 e. The van der Waals surface area contributed by atoms with Crippen LogP contribution in [0.3, 0.4) is 0 Å². The number of rotatable bonds is 4. The van der Waals surface area contributed by atoms with E-state index < -0.39 is 10.9 Å². The van der Waals surface area contributed by atoms with Crippen molar-refractivity contribution in [3.63, 3.8) is 0 Å². The van der Waals surface area contributed by atoms with Crippen molar-refractivity contribution in [2.24, 2.45) is 0 Å². The molecule has 0 aliphatic carbocycles. The molecule has 1 aromatic rings. The zero-order chi connectivity index (χ0) is 11.3. The molecule has 1 aromatic carbocycles. The molecule has 15 heavy (non-hydrogen) atoms. The molecule has 0 heterocycles. The van der Waals surface area contributed by atoms with Crippen LogP contribution < -0.4 is 0 Å². The van der Waals surface area contributed by atoms with Crippen molar-refractivity contribution >= 4 is 17.7 Å². The summed E-state index contributed by atoms with van der Waals surface area (Å²) in [7, 11) is 0. The molecule has 0 aliphatic rings. The van der Waals surface area contributed by atoms with Crippen LogP contribution in [0.2, 0.25) is 0 Å². The molecule has 0 fully saturated rings. The van der Waals surface area contributed by atoms with Crippen molar-refractivity contribution in [3.05, 3.63) is 46.0 Å². The Morgan fingerprint density at radius 2 is 2.13 bits per heavy atom. The molecule has 0 radical (unpaired) electrons. The topological polar surface area (TPSA) is 80.4 Å². The zero-order valence-electron chi connectivity index (χ0n) is 7.79. The summed E-state index contributed by atoms with van der Waals surface area (Å²) in [6.07, 6.45) is 2.67. The van der Waals surface area contributed by atoms with Crippen molar-refractivity contribution in [3.8, 4) is 0 Å². The van der Waals surface area contributed by atoms with Gasteiger partial charge in [-0.2, -0.15) is 0 Å². The summed E-state index contributed by atoms with van der Waals surface area (Å²) in [6, 6.07) is 6.16. The average molecular weight is 207 g/mol. The summed E-state index contributed by atoms with van der Waals surface area (Å²) >= 11 is 0. The third-order valence-corrected chi connectivity index (χ3v) is 1.72. The predicted molar refractivity (Wildman–Crippen MR) is 54.4 cm³/mol. The van der Waals surface area contributed by atoms with Gasteiger partial charge in [-0.3, -0.25) is 14.9 Å². The lowest BCUT2D eigenvalue weighted by Gasteiger charge is -1.95. The van der Waals surface area contributed by atoms with Crippen LogP contribution in [0.15, 0.2) is 30.3 Å². The molecule has 5 heteroatoms. The number of para-hydroxylation sites is 1. The molecule has 0 saturated heterocycles. The van der Waals surface area contributed by atoms with Gasteiger partial charge in [-0.05, 0) is 6.07 Å². The minimum atomic E-state index is -0.968. The maximum absolute atomic E-state index is 10.6. The van der Waals surface area contributed by atoms with Crippen molar-refractivity contribution in [1.82, 2.24) is 0 Å². The van der Waals surface area contributed by atoms with E-state index in [1.54, 1.807) is 18.2 Å². The highest BCUT2D eigenvalue weighted by molar-refractivity contribution is 5.71. The van der Waals surface area contributed by atoms with Gasteiger partial charge in [0.1, 0.15) is 0 Å². The zero-order valence-corrected chi connectivity index (χ0v) is 7.79. The predicted octanol–water partition coefficient (Wildman–Crippen LogP) is 2.08. The highest BCUT2D eigenvalue weighted by Crippen LogP contribution is 2.18. The first-order valence-electron chi connectivity index (χ1n) is 4.23. The number of aliphatic carboxylic acids is 1. The Bertz CT molecular complexity index is 412. The number of nitrogens with zero attached hydrogens (tertiary/aromatic N) is 1. The van der Waals surface area contributed by atoms with Gasteiger partial charge in [-0.15, -0.1) is 0 Å². The average Bonchev–Trinajstić information content (AvgIpc) is 2.17. The summed E-state index contributed by atoms with van der Waals surface area (Å²) in [4.78, 5) is 20.3. The van der Waals surface area contributed by atoms with Crippen molar-refractivity contribution in [1.29, 1.82) is 0 Å². The highest BCUT2D eigenvalue weighted by Gasteiger charge is 2.08. The first-order valence-corrected chi connectivity index (χ1v) is 4.23. The largest absolute Gasteiger partial charge is 0.481 e. The monoisotopic (exact) mass is 207 g/mol. The van der Waals surface area contributed by atoms with Crippen LogP contribution in [-0.4, -0.2) is 16.0 Å². The van der Waals surface area contributed by atoms with Gasteiger partial charge < -0.3 is 5.11 Å². The molecule has 0 unspecified atom stereocenters. The third-order valence-electron chi connectivity index (χ3n) is 1.72. The smallest absolute Gasteiger partial charge is 0.307 e. The summed E-state index contributed by atoms with van der Waals surface area (Å²) in [6.45, 7) is 0. The lowest BCUT2D eigenvalue weighted by atomic mass is 10.1. The maximum Gasteiger partial charge on any atom is 0.307 e. The van der Waals surface area contributed by atoms with Gasteiger partial charge in [0.05, 0.1) is 16.9 Å². The molecular formula is C10H9NO4. The number of carboxylic acid groups (broad SMARTS) is 1. The van der Waals surface area contributed by atoms with Gasteiger partial charge in [-0.25, -0.2) is 0 Å². The minimum absolute atomic E-state index is 0.0286. The van der Waals surface area contributed by atoms with Crippen LogP contribution in [0.4, 0.5) is 5.69 Å². The lowest BCUT2D eigenvalue weighted by molar-refractivity contribution is -0.385. The van der Waals surface area contributed by atoms with Gasteiger partial charge in [0.25, 0.3) is 5.69 Å². The van der Waals surface area contributed by atoms with Crippen LogP contribution in [0.1, 0.15) is 12.0 Å². The Kier molecular flexibility index (Phi) is 3.56. The Balaban J connectivity index is 2.89. The Labute approximate surface area is 85.8 Å². The van der Waals surface area contributed by atoms with E-state index in [1.165, 1.54) is 18.2 Å². The molecule has 0 aromatic heterocycles. The Morgan fingerprint density at radius 1 is 1.47 bits per heavy atom. The molecule has 1 rings (SSSR count).